The van der Waals surface area contributed by atoms with Crippen LogP contribution >= 0.6 is 11.8 Å². The molecule has 1 amide bonds. The topological polar surface area (TPSA) is 59.8 Å². The highest BCUT2D eigenvalue weighted by atomic mass is 32.2. The Bertz CT molecular complexity index is 986. The summed E-state index contributed by atoms with van der Waals surface area (Å²) in [5.74, 6) is 1.02. The average Bonchev–Trinajstić information content (AvgIpc) is 3.49. The number of para-hydroxylation sites is 1. The van der Waals surface area contributed by atoms with Crippen LogP contribution in [0.25, 0.3) is 5.69 Å². The minimum absolute atomic E-state index is 0.101. The van der Waals surface area contributed by atoms with Gasteiger partial charge in [-0.3, -0.25) is 4.79 Å². The molecule has 0 spiro atoms. The van der Waals surface area contributed by atoms with Gasteiger partial charge in [0.25, 0.3) is 0 Å². The van der Waals surface area contributed by atoms with E-state index in [0.717, 1.165) is 29.9 Å². The van der Waals surface area contributed by atoms with E-state index in [1.807, 2.05) is 48.9 Å². The number of halogens is 1. The third kappa shape index (κ3) is 4.67. The van der Waals surface area contributed by atoms with Crippen molar-refractivity contribution in [1.82, 2.24) is 20.1 Å². The van der Waals surface area contributed by atoms with Crippen molar-refractivity contribution >= 4 is 17.7 Å². The van der Waals surface area contributed by atoms with E-state index in [1.54, 1.807) is 12.1 Å². The van der Waals surface area contributed by atoms with E-state index in [4.69, 9.17) is 4.98 Å². The normalized spacial score (nSPS) is 15.7. The molecular weight excluding hydrogens is 387 g/mol. The highest BCUT2D eigenvalue weighted by Crippen LogP contribution is 2.40. The molecule has 7 heteroatoms. The van der Waals surface area contributed by atoms with Crippen LogP contribution in [0.1, 0.15) is 50.0 Å². The molecule has 2 atom stereocenters. The second kappa shape index (κ2) is 8.37. The molecule has 3 aromatic rings. The van der Waals surface area contributed by atoms with Crippen LogP contribution < -0.4 is 5.32 Å². The van der Waals surface area contributed by atoms with Gasteiger partial charge in [-0.25, -0.2) is 14.1 Å². The minimum Gasteiger partial charge on any atom is -0.349 e. The summed E-state index contributed by atoms with van der Waals surface area (Å²) in [5.41, 5.74) is 1.84. The van der Waals surface area contributed by atoms with Gasteiger partial charge in [-0.05, 0) is 56.5 Å². The summed E-state index contributed by atoms with van der Waals surface area (Å²) in [5, 5.41) is 7.89. The van der Waals surface area contributed by atoms with Gasteiger partial charge < -0.3 is 5.32 Å². The number of thioether (sulfide) groups is 1. The van der Waals surface area contributed by atoms with Crippen LogP contribution in [-0.2, 0) is 4.79 Å². The Labute approximate surface area is 173 Å². The Balaban J connectivity index is 1.44. The first kappa shape index (κ1) is 19.6. The molecule has 1 aliphatic rings. The van der Waals surface area contributed by atoms with Crippen molar-refractivity contribution < 1.29 is 9.18 Å². The Morgan fingerprint density at radius 1 is 1.14 bits per heavy atom. The van der Waals surface area contributed by atoms with Gasteiger partial charge in [0, 0.05) is 5.92 Å². The molecule has 0 saturated heterocycles. The predicted octanol–water partition coefficient (Wildman–Crippen LogP) is 4.64. The lowest BCUT2D eigenvalue weighted by atomic mass is 10.1. The number of aromatic nitrogens is 3. The average molecular weight is 411 g/mol. The smallest absolute Gasteiger partial charge is 0.233 e. The molecule has 2 aromatic carbocycles. The largest absolute Gasteiger partial charge is 0.349 e. The van der Waals surface area contributed by atoms with Gasteiger partial charge in [0.05, 0.1) is 17.0 Å². The predicted molar refractivity (Wildman–Crippen MR) is 112 cm³/mol. The van der Waals surface area contributed by atoms with Crippen molar-refractivity contribution in [3.8, 4) is 5.69 Å². The fourth-order valence-electron chi connectivity index (χ4n) is 3.10. The SMILES string of the molecule is C[C@H](Sc1nc(C2CC2)n(-c2ccccc2)n1)C(=O)N[C@@H](C)c1ccc(F)cc1. The molecule has 5 nitrogen and oxygen atoms in total. The van der Waals surface area contributed by atoms with E-state index in [1.165, 1.54) is 23.9 Å². The number of hydrogen-bond donors (Lipinski definition) is 1. The fraction of sp³-hybridized carbons (Fsp3) is 0.318. The standard InChI is InChI=1S/C22H23FN4OS/c1-14(16-10-12-18(23)13-11-16)24-21(28)15(2)29-22-25-20(17-8-9-17)27(26-22)19-6-4-3-5-7-19/h3-7,10-15,17H,8-9H2,1-2H3,(H,24,28)/t14-,15-/m0/s1. The summed E-state index contributed by atoms with van der Waals surface area (Å²) in [7, 11) is 0. The monoisotopic (exact) mass is 410 g/mol. The van der Waals surface area contributed by atoms with Gasteiger partial charge in [-0.15, -0.1) is 5.10 Å². The van der Waals surface area contributed by atoms with Crippen molar-refractivity contribution in [2.24, 2.45) is 0 Å². The molecule has 0 aliphatic heterocycles. The number of rotatable bonds is 7. The van der Waals surface area contributed by atoms with Crippen molar-refractivity contribution in [3.05, 3.63) is 71.8 Å². The molecule has 4 rings (SSSR count). The number of amides is 1. The lowest BCUT2D eigenvalue weighted by molar-refractivity contribution is -0.120. The number of hydrogen-bond acceptors (Lipinski definition) is 4. The molecule has 1 N–H and O–H groups in total. The molecule has 1 saturated carbocycles. The first-order chi connectivity index (χ1) is 14.0. The van der Waals surface area contributed by atoms with E-state index in [0.29, 0.717) is 11.1 Å². The van der Waals surface area contributed by atoms with Crippen LogP contribution in [0.15, 0.2) is 59.8 Å². The van der Waals surface area contributed by atoms with E-state index in [-0.39, 0.29) is 23.0 Å². The zero-order chi connectivity index (χ0) is 20.4. The maximum Gasteiger partial charge on any atom is 0.233 e. The lowest BCUT2D eigenvalue weighted by Gasteiger charge is -2.17. The Kier molecular flexibility index (Phi) is 5.67. The van der Waals surface area contributed by atoms with Gasteiger partial charge >= 0.3 is 0 Å². The van der Waals surface area contributed by atoms with Crippen LogP contribution in [0.3, 0.4) is 0 Å². The van der Waals surface area contributed by atoms with Crippen LogP contribution in [-0.4, -0.2) is 25.9 Å². The van der Waals surface area contributed by atoms with Crippen LogP contribution in [0.2, 0.25) is 0 Å². The van der Waals surface area contributed by atoms with E-state index >= 15 is 0 Å². The fourth-order valence-corrected chi connectivity index (χ4v) is 3.86. The Morgan fingerprint density at radius 3 is 2.48 bits per heavy atom. The quantitative estimate of drug-likeness (QED) is 0.577. The highest BCUT2D eigenvalue weighted by Gasteiger charge is 2.31. The second-order valence-corrected chi connectivity index (χ2v) is 8.62. The van der Waals surface area contributed by atoms with Crippen LogP contribution in [0, 0.1) is 5.82 Å². The highest BCUT2D eigenvalue weighted by molar-refractivity contribution is 8.00. The third-order valence-corrected chi connectivity index (χ3v) is 5.89. The van der Waals surface area contributed by atoms with Crippen molar-refractivity contribution in [1.29, 1.82) is 0 Å². The molecular formula is C22H23FN4OS. The number of benzene rings is 2. The Hall–Kier alpha value is -2.67. The summed E-state index contributed by atoms with van der Waals surface area (Å²) in [4.78, 5) is 17.3. The molecule has 1 heterocycles. The molecule has 0 radical (unpaired) electrons. The van der Waals surface area contributed by atoms with Crippen molar-refractivity contribution in [2.45, 2.75) is 49.1 Å². The number of carbonyl (C=O) groups excluding carboxylic acids is 1. The maximum atomic E-state index is 13.1. The van der Waals surface area contributed by atoms with Crippen LogP contribution in [0.4, 0.5) is 4.39 Å². The molecule has 0 bridgehead atoms. The number of carbonyl (C=O) groups is 1. The number of nitrogens with zero attached hydrogens (tertiary/aromatic N) is 3. The Morgan fingerprint density at radius 2 is 1.83 bits per heavy atom. The third-order valence-electron chi connectivity index (χ3n) is 4.94. The molecule has 0 unspecified atom stereocenters. The molecule has 1 aromatic heterocycles. The van der Waals surface area contributed by atoms with Gasteiger partial charge in [-0.2, -0.15) is 0 Å². The van der Waals surface area contributed by atoms with Gasteiger partial charge in [-0.1, -0.05) is 42.1 Å². The van der Waals surface area contributed by atoms with Crippen LogP contribution in [0.5, 0.6) is 0 Å². The summed E-state index contributed by atoms with van der Waals surface area (Å²) in [6, 6.07) is 15.9. The van der Waals surface area contributed by atoms with Gasteiger partial charge in [0.15, 0.2) is 0 Å². The summed E-state index contributed by atoms with van der Waals surface area (Å²) in [6.45, 7) is 3.73. The zero-order valence-electron chi connectivity index (χ0n) is 16.4. The molecule has 150 valence electrons. The lowest BCUT2D eigenvalue weighted by Crippen LogP contribution is -2.33. The molecule has 1 fully saturated rings. The first-order valence-electron chi connectivity index (χ1n) is 9.76. The van der Waals surface area contributed by atoms with Gasteiger partial charge in [0.2, 0.25) is 11.1 Å². The van der Waals surface area contributed by atoms with Crippen molar-refractivity contribution in [2.75, 3.05) is 0 Å². The zero-order valence-corrected chi connectivity index (χ0v) is 17.2. The summed E-state index contributed by atoms with van der Waals surface area (Å²) >= 11 is 1.35. The first-order valence-corrected chi connectivity index (χ1v) is 10.6. The second-order valence-electron chi connectivity index (χ2n) is 7.32. The molecule has 1 aliphatic carbocycles. The summed E-state index contributed by atoms with van der Waals surface area (Å²) < 4.78 is 15.0. The minimum atomic E-state index is -0.350. The van der Waals surface area contributed by atoms with Gasteiger partial charge in [0.1, 0.15) is 11.6 Å². The van der Waals surface area contributed by atoms with Crippen molar-refractivity contribution in [3.63, 3.8) is 0 Å². The molecule has 29 heavy (non-hydrogen) atoms. The van der Waals surface area contributed by atoms with E-state index in [2.05, 4.69) is 10.4 Å². The van der Waals surface area contributed by atoms with E-state index < -0.39 is 0 Å². The number of nitrogens with one attached hydrogen (secondary N) is 1. The maximum absolute atomic E-state index is 13.1. The summed E-state index contributed by atoms with van der Waals surface area (Å²) in [6.07, 6.45) is 2.25. The van der Waals surface area contributed by atoms with E-state index in [9.17, 15) is 9.18 Å².